The van der Waals surface area contributed by atoms with Gasteiger partial charge in [-0.15, -0.1) is 0 Å². The highest BCUT2D eigenvalue weighted by Gasteiger charge is 2.12. The third-order valence-corrected chi connectivity index (χ3v) is 2.96. The van der Waals surface area contributed by atoms with Gasteiger partial charge in [0.05, 0.1) is 25.9 Å². The summed E-state index contributed by atoms with van der Waals surface area (Å²) in [6, 6.07) is 8.16. The van der Waals surface area contributed by atoms with Crippen molar-refractivity contribution in [2.24, 2.45) is 0 Å². The predicted octanol–water partition coefficient (Wildman–Crippen LogP) is 1.95. The van der Waals surface area contributed by atoms with Crippen molar-refractivity contribution in [2.45, 2.75) is 12.7 Å². The molecule has 0 bridgehead atoms. The maximum atomic E-state index is 5.63. The molecule has 88 valence electrons. The van der Waals surface area contributed by atoms with Crippen molar-refractivity contribution >= 4 is 15.9 Å². The number of benzene rings is 1. The van der Waals surface area contributed by atoms with Crippen LogP contribution in [-0.4, -0.2) is 32.4 Å². The Morgan fingerprint density at radius 2 is 2.44 bits per heavy atom. The minimum atomic E-state index is 0.195. The highest BCUT2D eigenvalue weighted by Crippen LogP contribution is 2.12. The topological polar surface area (TPSA) is 30.5 Å². The van der Waals surface area contributed by atoms with Crippen LogP contribution in [-0.2, 0) is 16.1 Å². The Morgan fingerprint density at radius 1 is 1.50 bits per heavy atom. The van der Waals surface area contributed by atoms with Crippen LogP contribution < -0.4 is 5.32 Å². The molecule has 1 aromatic rings. The average Bonchev–Trinajstić information content (AvgIpc) is 2.30. The smallest absolute Gasteiger partial charge is 0.0933 e. The van der Waals surface area contributed by atoms with Gasteiger partial charge in [-0.1, -0.05) is 28.1 Å². The Kier molecular flexibility index (Phi) is 4.78. The van der Waals surface area contributed by atoms with Crippen molar-refractivity contribution in [2.75, 3.05) is 26.3 Å². The highest BCUT2D eigenvalue weighted by atomic mass is 79.9. The molecule has 16 heavy (non-hydrogen) atoms. The molecule has 0 aromatic heterocycles. The zero-order valence-electron chi connectivity index (χ0n) is 9.12. The minimum absolute atomic E-state index is 0.195. The van der Waals surface area contributed by atoms with E-state index in [9.17, 15) is 0 Å². The molecule has 0 spiro atoms. The first kappa shape index (κ1) is 12.0. The summed E-state index contributed by atoms with van der Waals surface area (Å²) in [5.74, 6) is 0. The van der Waals surface area contributed by atoms with Gasteiger partial charge in [-0.25, -0.2) is 0 Å². The molecule has 3 nitrogen and oxygen atoms in total. The van der Waals surface area contributed by atoms with E-state index in [1.165, 1.54) is 5.56 Å². The lowest BCUT2D eigenvalue weighted by atomic mass is 10.2. The van der Waals surface area contributed by atoms with Crippen molar-refractivity contribution in [3.8, 4) is 0 Å². The minimum Gasteiger partial charge on any atom is -0.374 e. The van der Waals surface area contributed by atoms with Crippen molar-refractivity contribution in [1.29, 1.82) is 0 Å². The van der Waals surface area contributed by atoms with Crippen LogP contribution in [0.15, 0.2) is 28.7 Å². The molecule has 4 heteroatoms. The first-order chi connectivity index (χ1) is 7.84. The monoisotopic (exact) mass is 285 g/mol. The Morgan fingerprint density at radius 3 is 3.19 bits per heavy atom. The molecule has 1 aliphatic heterocycles. The lowest BCUT2D eigenvalue weighted by molar-refractivity contribution is -0.0357. The summed E-state index contributed by atoms with van der Waals surface area (Å²) in [5, 5.41) is 3.28. The van der Waals surface area contributed by atoms with E-state index in [0.717, 1.165) is 24.2 Å². The molecule has 0 radical (unpaired) electrons. The van der Waals surface area contributed by atoms with E-state index in [1.54, 1.807) is 0 Å². The molecule has 1 saturated heterocycles. The number of ether oxygens (including phenoxy) is 2. The van der Waals surface area contributed by atoms with E-state index < -0.39 is 0 Å². The molecule has 1 aromatic carbocycles. The van der Waals surface area contributed by atoms with E-state index in [4.69, 9.17) is 9.47 Å². The lowest BCUT2D eigenvalue weighted by Crippen LogP contribution is -2.40. The van der Waals surface area contributed by atoms with Crippen molar-refractivity contribution in [1.82, 2.24) is 5.32 Å². The Bertz CT molecular complexity index is 327. The summed E-state index contributed by atoms with van der Waals surface area (Å²) >= 11 is 3.44. The van der Waals surface area contributed by atoms with Crippen LogP contribution in [0.2, 0.25) is 0 Å². The fourth-order valence-electron chi connectivity index (χ4n) is 1.66. The molecule has 0 aliphatic carbocycles. The van der Waals surface area contributed by atoms with Gasteiger partial charge in [-0.2, -0.15) is 0 Å². The molecule has 1 unspecified atom stereocenters. The van der Waals surface area contributed by atoms with Crippen LogP contribution >= 0.6 is 15.9 Å². The number of hydrogen-bond acceptors (Lipinski definition) is 3. The van der Waals surface area contributed by atoms with Crippen LogP contribution in [0.3, 0.4) is 0 Å². The SMILES string of the molecule is Brc1cccc(COCC2CNCCO2)c1. The second-order valence-electron chi connectivity index (χ2n) is 3.84. The third kappa shape index (κ3) is 3.87. The van der Waals surface area contributed by atoms with Gasteiger partial charge >= 0.3 is 0 Å². The van der Waals surface area contributed by atoms with Gasteiger partial charge in [0, 0.05) is 17.6 Å². The molecule has 1 heterocycles. The zero-order chi connectivity index (χ0) is 11.2. The Labute approximate surface area is 104 Å². The number of nitrogens with one attached hydrogen (secondary N) is 1. The van der Waals surface area contributed by atoms with Gasteiger partial charge in [0.15, 0.2) is 0 Å². The number of morpholine rings is 1. The van der Waals surface area contributed by atoms with Crippen LogP contribution in [0, 0.1) is 0 Å². The van der Waals surface area contributed by atoms with Gasteiger partial charge in [0.1, 0.15) is 0 Å². The average molecular weight is 286 g/mol. The van der Waals surface area contributed by atoms with Gasteiger partial charge in [-0.05, 0) is 17.7 Å². The third-order valence-electron chi connectivity index (χ3n) is 2.47. The first-order valence-corrected chi connectivity index (χ1v) is 6.28. The fraction of sp³-hybridized carbons (Fsp3) is 0.500. The van der Waals surface area contributed by atoms with E-state index in [0.29, 0.717) is 13.2 Å². The summed E-state index contributed by atoms with van der Waals surface area (Å²) in [4.78, 5) is 0. The van der Waals surface area contributed by atoms with Crippen LogP contribution in [0.4, 0.5) is 0 Å². The molecule has 1 atom stereocenters. The molecule has 0 saturated carbocycles. The summed E-state index contributed by atoms with van der Waals surface area (Å²) in [6.45, 7) is 3.91. The molecule has 2 rings (SSSR count). The lowest BCUT2D eigenvalue weighted by Gasteiger charge is -2.23. The van der Waals surface area contributed by atoms with E-state index >= 15 is 0 Å². The zero-order valence-corrected chi connectivity index (χ0v) is 10.7. The maximum absolute atomic E-state index is 5.63. The molecular formula is C12H16BrNO2. The predicted molar refractivity (Wildman–Crippen MR) is 66.4 cm³/mol. The molecule has 1 aliphatic rings. The van der Waals surface area contributed by atoms with Crippen molar-refractivity contribution in [3.05, 3.63) is 34.3 Å². The molecule has 1 N–H and O–H groups in total. The molecule has 1 fully saturated rings. The number of halogens is 1. The van der Waals surface area contributed by atoms with Gasteiger partial charge in [-0.3, -0.25) is 0 Å². The number of rotatable bonds is 4. The van der Waals surface area contributed by atoms with Crippen LogP contribution in [0.1, 0.15) is 5.56 Å². The quantitative estimate of drug-likeness (QED) is 0.917. The summed E-state index contributed by atoms with van der Waals surface area (Å²) in [5.41, 5.74) is 1.18. The largest absolute Gasteiger partial charge is 0.374 e. The summed E-state index contributed by atoms with van der Waals surface area (Å²) in [6.07, 6.45) is 0.195. The second-order valence-corrected chi connectivity index (χ2v) is 4.76. The summed E-state index contributed by atoms with van der Waals surface area (Å²) in [7, 11) is 0. The molecular weight excluding hydrogens is 270 g/mol. The van der Waals surface area contributed by atoms with Crippen LogP contribution in [0.25, 0.3) is 0 Å². The van der Waals surface area contributed by atoms with E-state index in [2.05, 4.69) is 33.4 Å². The van der Waals surface area contributed by atoms with Gasteiger partial charge in [0.2, 0.25) is 0 Å². The maximum Gasteiger partial charge on any atom is 0.0933 e. The highest BCUT2D eigenvalue weighted by molar-refractivity contribution is 9.10. The standard InChI is InChI=1S/C12H16BrNO2/c13-11-3-1-2-10(6-11)8-15-9-12-7-14-4-5-16-12/h1-3,6,12,14H,4-5,7-9H2. The Hall–Kier alpha value is -0.420. The van der Waals surface area contributed by atoms with Crippen molar-refractivity contribution in [3.63, 3.8) is 0 Å². The van der Waals surface area contributed by atoms with Crippen molar-refractivity contribution < 1.29 is 9.47 Å². The normalized spacial score (nSPS) is 20.9. The fourth-order valence-corrected chi connectivity index (χ4v) is 2.11. The summed E-state index contributed by atoms with van der Waals surface area (Å²) < 4.78 is 12.3. The van der Waals surface area contributed by atoms with Gasteiger partial charge < -0.3 is 14.8 Å². The second kappa shape index (κ2) is 6.35. The molecule has 0 amide bonds. The van der Waals surface area contributed by atoms with Crippen LogP contribution in [0.5, 0.6) is 0 Å². The Balaban J connectivity index is 1.71. The van der Waals surface area contributed by atoms with E-state index in [1.807, 2.05) is 12.1 Å². The number of hydrogen-bond donors (Lipinski definition) is 1. The first-order valence-electron chi connectivity index (χ1n) is 5.49. The van der Waals surface area contributed by atoms with Gasteiger partial charge in [0.25, 0.3) is 0 Å². The van der Waals surface area contributed by atoms with E-state index in [-0.39, 0.29) is 6.10 Å².